The Hall–Kier alpha value is -0.120. The largest absolute Gasteiger partial charge is 0.379 e. The van der Waals surface area contributed by atoms with Crippen LogP contribution in [0.4, 0.5) is 0 Å². The molecule has 0 spiro atoms. The molecule has 0 aromatic heterocycles. The maximum Gasteiger partial charge on any atom is 0.0594 e. The Morgan fingerprint density at radius 3 is 2.50 bits per heavy atom. The Kier molecular flexibility index (Phi) is 3.79. The normalized spacial score (nSPS) is 28.9. The molecule has 3 nitrogen and oxygen atoms in total. The number of nitrogens with zero attached hydrogens (tertiary/aromatic N) is 1. The van der Waals surface area contributed by atoms with Gasteiger partial charge in [-0.2, -0.15) is 0 Å². The first-order chi connectivity index (χ1) is 6.88. The minimum Gasteiger partial charge on any atom is -0.379 e. The number of ether oxygens (including phenoxy) is 1. The van der Waals surface area contributed by atoms with Crippen molar-refractivity contribution in [3.8, 4) is 0 Å². The summed E-state index contributed by atoms with van der Waals surface area (Å²) in [4.78, 5) is 2.60. The van der Waals surface area contributed by atoms with E-state index in [1.54, 1.807) is 0 Å². The van der Waals surface area contributed by atoms with Crippen LogP contribution in [0.5, 0.6) is 0 Å². The lowest BCUT2D eigenvalue weighted by atomic mass is 9.90. The molecule has 0 radical (unpaired) electrons. The van der Waals surface area contributed by atoms with Crippen molar-refractivity contribution in [3.05, 3.63) is 0 Å². The predicted molar refractivity (Wildman–Crippen MR) is 57.4 cm³/mol. The predicted octanol–water partition coefficient (Wildman–Crippen LogP) is 0.707. The highest BCUT2D eigenvalue weighted by Crippen LogP contribution is 2.21. The smallest absolute Gasteiger partial charge is 0.0594 e. The van der Waals surface area contributed by atoms with Crippen molar-refractivity contribution >= 4 is 0 Å². The summed E-state index contributed by atoms with van der Waals surface area (Å²) < 4.78 is 5.38. The quantitative estimate of drug-likeness (QED) is 0.707. The van der Waals surface area contributed by atoms with E-state index in [1.165, 1.54) is 25.9 Å². The molecule has 2 aliphatic heterocycles. The molecule has 82 valence electrons. The molecule has 1 atom stereocenters. The summed E-state index contributed by atoms with van der Waals surface area (Å²) in [5.41, 5.74) is 0. The third-order valence-corrected chi connectivity index (χ3v) is 3.69. The average Bonchev–Trinajstić information content (AvgIpc) is 2.30. The van der Waals surface area contributed by atoms with Crippen molar-refractivity contribution in [3.63, 3.8) is 0 Å². The second kappa shape index (κ2) is 5.10. The molecular weight excluding hydrogens is 176 g/mol. The van der Waals surface area contributed by atoms with E-state index in [0.717, 1.165) is 38.3 Å². The molecule has 0 bridgehead atoms. The first kappa shape index (κ1) is 10.4. The van der Waals surface area contributed by atoms with E-state index in [0.29, 0.717) is 0 Å². The Morgan fingerprint density at radius 2 is 1.86 bits per heavy atom. The number of morpholine rings is 1. The van der Waals surface area contributed by atoms with Crippen LogP contribution in [0.15, 0.2) is 0 Å². The van der Waals surface area contributed by atoms with Crippen LogP contribution in [-0.4, -0.2) is 50.3 Å². The zero-order chi connectivity index (χ0) is 9.80. The Labute approximate surface area is 86.8 Å². The van der Waals surface area contributed by atoms with Crippen molar-refractivity contribution in [1.29, 1.82) is 0 Å². The van der Waals surface area contributed by atoms with Gasteiger partial charge in [-0.3, -0.25) is 4.90 Å². The van der Waals surface area contributed by atoms with E-state index in [9.17, 15) is 0 Å². The Morgan fingerprint density at radius 1 is 1.21 bits per heavy atom. The SMILES string of the molecule is C[C@@H](C1CCNCC1)N1CCOCC1. The zero-order valence-corrected chi connectivity index (χ0v) is 9.17. The molecule has 3 heteroatoms. The molecule has 2 rings (SSSR count). The maximum absolute atomic E-state index is 5.38. The van der Waals surface area contributed by atoms with Gasteiger partial charge in [0.2, 0.25) is 0 Å². The van der Waals surface area contributed by atoms with Crippen molar-refractivity contribution < 1.29 is 4.74 Å². The molecule has 0 amide bonds. The fraction of sp³-hybridized carbons (Fsp3) is 1.00. The van der Waals surface area contributed by atoms with Crippen LogP contribution in [0, 0.1) is 5.92 Å². The van der Waals surface area contributed by atoms with Gasteiger partial charge in [0.15, 0.2) is 0 Å². The molecule has 2 saturated heterocycles. The molecule has 0 unspecified atom stereocenters. The van der Waals surface area contributed by atoms with Crippen LogP contribution in [0.2, 0.25) is 0 Å². The molecule has 1 N–H and O–H groups in total. The van der Waals surface area contributed by atoms with Crippen LogP contribution in [0.25, 0.3) is 0 Å². The van der Waals surface area contributed by atoms with Crippen molar-refractivity contribution in [1.82, 2.24) is 10.2 Å². The first-order valence-electron chi connectivity index (χ1n) is 5.90. The number of piperidine rings is 1. The van der Waals surface area contributed by atoms with Crippen LogP contribution < -0.4 is 5.32 Å². The second-order valence-electron chi connectivity index (χ2n) is 4.48. The standard InChI is InChI=1S/C11H22N2O/c1-10(11-2-4-12-5-3-11)13-6-8-14-9-7-13/h10-12H,2-9H2,1H3/t10-/m0/s1. The molecule has 2 fully saturated rings. The average molecular weight is 198 g/mol. The van der Waals surface area contributed by atoms with Gasteiger partial charge >= 0.3 is 0 Å². The molecule has 0 aromatic carbocycles. The van der Waals surface area contributed by atoms with E-state index in [-0.39, 0.29) is 0 Å². The topological polar surface area (TPSA) is 24.5 Å². The molecule has 2 aliphatic rings. The summed E-state index contributed by atoms with van der Waals surface area (Å²) in [7, 11) is 0. The molecule has 0 saturated carbocycles. The lowest BCUT2D eigenvalue weighted by Crippen LogP contribution is -2.47. The maximum atomic E-state index is 5.38. The number of hydrogen-bond acceptors (Lipinski definition) is 3. The lowest BCUT2D eigenvalue weighted by molar-refractivity contribution is 0.00376. The van der Waals surface area contributed by atoms with Gasteiger partial charge in [0, 0.05) is 19.1 Å². The molecule has 14 heavy (non-hydrogen) atoms. The van der Waals surface area contributed by atoms with Gasteiger partial charge in [-0.15, -0.1) is 0 Å². The minimum atomic E-state index is 0.751. The Balaban J connectivity index is 1.82. The van der Waals surface area contributed by atoms with E-state index in [4.69, 9.17) is 4.74 Å². The van der Waals surface area contributed by atoms with E-state index >= 15 is 0 Å². The number of nitrogens with one attached hydrogen (secondary N) is 1. The first-order valence-corrected chi connectivity index (χ1v) is 5.90. The van der Waals surface area contributed by atoms with E-state index in [1.807, 2.05) is 0 Å². The van der Waals surface area contributed by atoms with E-state index in [2.05, 4.69) is 17.1 Å². The fourth-order valence-corrected chi connectivity index (χ4v) is 2.61. The zero-order valence-electron chi connectivity index (χ0n) is 9.17. The summed E-state index contributed by atoms with van der Waals surface area (Å²) in [5, 5.41) is 3.43. The number of rotatable bonds is 2. The van der Waals surface area contributed by atoms with Gasteiger partial charge in [0.25, 0.3) is 0 Å². The monoisotopic (exact) mass is 198 g/mol. The molecular formula is C11H22N2O. The highest BCUT2D eigenvalue weighted by molar-refractivity contribution is 4.80. The second-order valence-corrected chi connectivity index (χ2v) is 4.48. The van der Waals surface area contributed by atoms with Crippen molar-refractivity contribution in [2.45, 2.75) is 25.8 Å². The molecule has 2 heterocycles. The summed E-state index contributed by atoms with van der Waals surface area (Å²) in [6, 6.07) is 0.751. The highest BCUT2D eigenvalue weighted by atomic mass is 16.5. The Bertz CT molecular complexity index is 145. The highest BCUT2D eigenvalue weighted by Gasteiger charge is 2.25. The lowest BCUT2D eigenvalue weighted by Gasteiger charge is -2.38. The summed E-state index contributed by atoms with van der Waals surface area (Å²) in [6.07, 6.45) is 2.69. The third kappa shape index (κ3) is 2.47. The summed E-state index contributed by atoms with van der Waals surface area (Å²) in [5.74, 6) is 0.898. The van der Waals surface area contributed by atoms with Crippen molar-refractivity contribution in [2.75, 3.05) is 39.4 Å². The molecule has 0 aromatic rings. The van der Waals surface area contributed by atoms with E-state index < -0.39 is 0 Å². The van der Waals surface area contributed by atoms with Gasteiger partial charge in [-0.05, 0) is 38.8 Å². The third-order valence-electron chi connectivity index (χ3n) is 3.69. The van der Waals surface area contributed by atoms with Gasteiger partial charge in [-0.25, -0.2) is 0 Å². The number of hydrogen-bond donors (Lipinski definition) is 1. The van der Waals surface area contributed by atoms with Crippen LogP contribution in [0.3, 0.4) is 0 Å². The fourth-order valence-electron chi connectivity index (χ4n) is 2.61. The molecule has 0 aliphatic carbocycles. The van der Waals surface area contributed by atoms with Crippen molar-refractivity contribution in [2.24, 2.45) is 5.92 Å². The van der Waals surface area contributed by atoms with Gasteiger partial charge in [0.1, 0.15) is 0 Å². The van der Waals surface area contributed by atoms with Gasteiger partial charge in [-0.1, -0.05) is 0 Å². The van der Waals surface area contributed by atoms with Gasteiger partial charge in [0.05, 0.1) is 13.2 Å². The van der Waals surface area contributed by atoms with Gasteiger partial charge < -0.3 is 10.1 Å². The van der Waals surface area contributed by atoms with Crippen LogP contribution in [0.1, 0.15) is 19.8 Å². The summed E-state index contributed by atoms with van der Waals surface area (Å²) in [6.45, 7) is 8.92. The summed E-state index contributed by atoms with van der Waals surface area (Å²) >= 11 is 0. The van der Waals surface area contributed by atoms with Crippen LogP contribution in [-0.2, 0) is 4.74 Å². The van der Waals surface area contributed by atoms with Crippen LogP contribution >= 0.6 is 0 Å². The minimum absolute atomic E-state index is 0.751.